The van der Waals surface area contributed by atoms with Gasteiger partial charge in [0.25, 0.3) is 0 Å². The lowest BCUT2D eigenvalue weighted by Crippen LogP contribution is -2.34. The number of amides is 1. The van der Waals surface area contributed by atoms with Crippen molar-refractivity contribution >= 4 is 5.91 Å². The average Bonchev–Trinajstić information content (AvgIpc) is 2.53. The Morgan fingerprint density at radius 1 is 1.25 bits per heavy atom. The van der Waals surface area contributed by atoms with Gasteiger partial charge in [0.1, 0.15) is 11.9 Å². The summed E-state index contributed by atoms with van der Waals surface area (Å²) in [5, 5.41) is 2.58. The minimum Gasteiger partial charge on any atom is -0.487 e. The van der Waals surface area contributed by atoms with Crippen molar-refractivity contribution in [1.82, 2.24) is 10.3 Å². The number of ether oxygens (including phenoxy) is 1. The molecular formula is C17H17F3N2O2. The number of nitrogens with one attached hydrogen (secondary N) is 1. The number of carbonyl (C=O) groups is 1. The smallest absolute Gasteiger partial charge is 0.416 e. The molecule has 24 heavy (non-hydrogen) atoms. The van der Waals surface area contributed by atoms with Crippen LogP contribution in [0.3, 0.4) is 0 Å². The van der Waals surface area contributed by atoms with Gasteiger partial charge in [0.2, 0.25) is 5.91 Å². The van der Waals surface area contributed by atoms with Gasteiger partial charge >= 0.3 is 6.18 Å². The molecule has 2 rings (SSSR count). The third-order valence-electron chi connectivity index (χ3n) is 3.23. The predicted molar refractivity (Wildman–Crippen MR) is 82.5 cm³/mol. The topological polar surface area (TPSA) is 51.2 Å². The number of benzene rings is 1. The zero-order valence-corrected chi connectivity index (χ0v) is 13.0. The van der Waals surface area contributed by atoms with Crippen molar-refractivity contribution in [2.45, 2.75) is 25.6 Å². The second-order valence-electron chi connectivity index (χ2n) is 5.25. The molecular weight excluding hydrogens is 321 g/mol. The lowest BCUT2D eigenvalue weighted by Gasteiger charge is -2.16. The number of hydrogen-bond donors (Lipinski definition) is 1. The SMILES string of the molecule is CC(CNC(=O)Cc1ccccc1C(F)(F)F)Oc1cccnc1. The van der Waals surface area contributed by atoms with Gasteiger partial charge in [0.15, 0.2) is 0 Å². The van der Waals surface area contributed by atoms with Gasteiger partial charge in [-0.05, 0) is 30.7 Å². The van der Waals surface area contributed by atoms with Crippen LogP contribution in [0.2, 0.25) is 0 Å². The highest BCUT2D eigenvalue weighted by molar-refractivity contribution is 5.79. The molecule has 0 saturated carbocycles. The number of hydrogen-bond acceptors (Lipinski definition) is 3. The lowest BCUT2D eigenvalue weighted by molar-refractivity contribution is -0.138. The number of rotatable bonds is 6. The van der Waals surface area contributed by atoms with Crippen molar-refractivity contribution in [3.63, 3.8) is 0 Å². The standard InChI is InChI=1S/C17H17F3N2O2/c1-12(24-14-6-4-8-21-11-14)10-22-16(23)9-13-5-2-3-7-15(13)17(18,19)20/h2-8,11-12H,9-10H2,1H3,(H,22,23). The van der Waals surface area contributed by atoms with Gasteiger partial charge in [-0.25, -0.2) is 0 Å². The maximum absolute atomic E-state index is 12.9. The van der Waals surface area contributed by atoms with Crippen LogP contribution in [0.15, 0.2) is 48.8 Å². The first kappa shape index (κ1) is 17.8. The quantitative estimate of drug-likeness (QED) is 0.880. The summed E-state index contributed by atoms with van der Waals surface area (Å²) in [4.78, 5) is 15.8. The van der Waals surface area contributed by atoms with Gasteiger partial charge in [0, 0.05) is 6.20 Å². The Kier molecular flexibility index (Phi) is 5.78. The van der Waals surface area contributed by atoms with Gasteiger partial charge in [-0.15, -0.1) is 0 Å². The summed E-state index contributed by atoms with van der Waals surface area (Å²) in [5.74, 6) is 0.0648. The highest BCUT2D eigenvalue weighted by atomic mass is 19.4. The van der Waals surface area contributed by atoms with E-state index < -0.39 is 17.6 Å². The summed E-state index contributed by atoms with van der Waals surface area (Å²) in [5.41, 5.74) is -0.844. The number of pyridine rings is 1. The molecule has 4 nitrogen and oxygen atoms in total. The van der Waals surface area contributed by atoms with E-state index in [1.807, 2.05) is 0 Å². The monoisotopic (exact) mass is 338 g/mol. The average molecular weight is 338 g/mol. The Morgan fingerprint density at radius 3 is 2.67 bits per heavy atom. The van der Waals surface area contributed by atoms with E-state index in [1.165, 1.54) is 24.4 Å². The Bertz CT molecular complexity index is 675. The number of nitrogens with zero attached hydrogens (tertiary/aromatic N) is 1. The van der Waals surface area contributed by atoms with Crippen molar-refractivity contribution in [2.24, 2.45) is 0 Å². The maximum atomic E-state index is 12.9. The van der Waals surface area contributed by atoms with Crippen LogP contribution in [-0.4, -0.2) is 23.5 Å². The fourth-order valence-electron chi connectivity index (χ4n) is 2.13. The molecule has 0 spiro atoms. The summed E-state index contributed by atoms with van der Waals surface area (Å²) in [7, 11) is 0. The zero-order chi connectivity index (χ0) is 17.6. The predicted octanol–water partition coefficient (Wildman–Crippen LogP) is 3.23. The normalized spacial score (nSPS) is 12.5. The zero-order valence-electron chi connectivity index (χ0n) is 13.0. The van der Waals surface area contributed by atoms with Crippen molar-refractivity contribution < 1.29 is 22.7 Å². The summed E-state index contributed by atoms with van der Waals surface area (Å²) in [6, 6.07) is 8.49. The minimum absolute atomic E-state index is 0.0525. The van der Waals surface area contributed by atoms with Gasteiger partial charge in [-0.3, -0.25) is 9.78 Å². The molecule has 1 amide bonds. The number of halogens is 3. The highest BCUT2D eigenvalue weighted by Gasteiger charge is 2.33. The Morgan fingerprint density at radius 2 is 2.00 bits per heavy atom. The first-order valence-electron chi connectivity index (χ1n) is 7.34. The molecule has 0 fully saturated rings. The van der Waals surface area contributed by atoms with Crippen LogP contribution in [0, 0.1) is 0 Å². The Labute approximate surface area is 137 Å². The maximum Gasteiger partial charge on any atom is 0.416 e. The Hall–Kier alpha value is -2.57. The van der Waals surface area contributed by atoms with Crippen LogP contribution in [0.5, 0.6) is 5.75 Å². The van der Waals surface area contributed by atoms with Crippen LogP contribution in [0.1, 0.15) is 18.1 Å². The summed E-state index contributed by atoms with van der Waals surface area (Å²) < 4.78 is 44.2. The van der Waals surface area contributed by atoms with E-state index in [1.54, 1.807) is 25.3 Å². The molecule has 0 radical (unpaired) electrons. The number of aromatic nitrogens is 1. The first-order chi connectivity index (χ1) is 11.4. The first-order valence-corrected chi connectivity index (χ1v) is 7.34. The molecule has 2 aromatic rings. The van der Waals surface area contributed by atoms with E-state index >= 15 is 0 Å². The van der Waals surface area contributed by atoms with E-state index in [4.69, 9.17) is 4.74 Å². The molecule has 1 aromatic heterocycles. The van der Waals surface area contributed by atoms with Crippen LogP contribution >= 0.6 is 0 Å². The van der Waals surface area contributed by atoms with Crippen molar-refractivity contribution in [3.05, 3.63) is 59.9 Å². The van der Waals surface area contributed by atoms with Gasteiger partial charge in [0.05, 0.1) is 24.7 Å². The molecule has 0 aliphatic heterocycles. The van der Waals surface area contributed by atoms with E-state index in [0.717, 1.165) is 6.07 Å². The molecule has 128 valence electrons. The molecule has 0 bridgehead atoms. The second-order valence-corrected chi connectivity index (χ2v) is 5.25. The molecule has 0 aliphatic carbocycles. The largest absolute Gasteiger partial charge is 0.487 e. The second kappa shape index (κ2) is 7.81. The van der Waals surface area contributed by atoms with Crippen molar-refractivity contribution in [2.75, 3.05) is 6.54 Å². The molecule has 0 aliphatic rings. The summed E-state index contributed by atoms with van der Waals surface area (Å²) in [6.07, 6.45) is -2.01. The lowest BCUT2D eigenvalue weighted by atomic mass is 10.0. The van der Waals surface area contributed by atoms with Crippen molar-refractivity contribution in [1.29, 1.82) is 0 Å². The van der Waals surface area contributed by atoms with Crippen LogP contribution < -0.4 is 10.1 Å². The summed E-state index contributed by atoms with van der Waals surface area (Å²) >= 11 is 0. The van der Waals surface area contributed by atoms with Crippen LogP contribution in [0.25, 0.3) is 0 Å². The van der Waals surface area contributed by atoms with Gasteiger partial charge in [-0.2, -0.15) is 13.2 Å². The van der Waals surface area contributed by atoms with Crippen LogP contribution in [0.4, 0.5) is 13.2 Å². The third kappa shape index (κ3) is 5.26. The van der Waals surface area contributed by atoms with E-state index in [-0.39, 0.29) is 24.6 Å². The third-order valence-corrected chi connectivity index (χ3v) is 3.23. The summed E-state index contributed by atoms with van der Waals surface area (Å²) in [6.45, 7) is 1.93. The molecule has 1 atom stereocenters. The fraction of sp³-hybridized carbons (Fsp3) is 0.294. The molecule has 1 aromatic carbocycles. The fourth-order valence-corrected chi connectivity index (χ4v) is 2.13. The van der Waals surface area contributed by atoms with Gasteiger partial charge < -0.3 is 10.1 Å². The van der Waals surface area contributed by atoms with E-state index in [0.29, 0.717) is 5.75 Å². The molecule has 1 heterocycles. The molecule has 7 heteroatoms. The molecule has 0 saturated heterocycles. The van der Waals surface area contributed by atoms with Gasteiger partial charge in [-0.1, -0.05) is 18.2 Å². The minimum atomic E-state index is -4.48. The molecule has 1 unspecified atom stereocenters. The van der Waals surface area contributed by atoms with Crippen molar-refractivity contribution in [3.8, 4) is 5.75 Å². The van der Waals surface area contributed by atoms with E-state index in [9.17, 15) is 18.0 Å². The van der Waals surface area contributed by atoms with E-state index in [2.05, 4.69) is 10.3 Å². The number of carbonyl (C=O) groups excluding carboxylic acids is 1. The highest BCUT2D eigenvalue weighted by Crippen LogP contribution is 2.31. The van der Waals surface area contributed by atoms with Crippen LogP contribution in [-0.2, 0) is 17.4 Å². The molecule has 1 N–H and O–H groups in total. The number of alkyl halides is 3. The Balaban J connectivity index is 1.88.